The Morgan fingerprint density at radius 2 is 2.22 bits per heavy atom. The van der Waals surface area contributed by atoms with Gasteiger partial charge in [0.1, 0.15) is 5.82 Å². The number of thiol groups is 1. The molecule has 1 aromatic carbocycles. The van der Waals surface area contributed by atoms with Crippen LogP contribution in [0.3, 0.4) is 0 Å². The average molecular weight is 267 g/mol. The van der Waals surface area contributed by atoms with Crippen LogP contribution in [0.4, 0.5) is 4.39 Å². The van der Waals surface area contributed by atoms with Gasteiger partial charge < -0.3 is 5.32 Å². The molecule has 1 aliphatic carbocycles. The van der Waals surface area contributed by atoms with E-state index in [1.54, 1.807) is 6.07 Å². The molecule has 0 radical (unpaired) electrons. The van der Waals surface area contributed by atoms with E-state index in [2.05, 4.69) is 17.9 Å². The van der Waals surface area contributed by atoms with Crippen molar-refractivity contribution in [2.45, 2.75) is 26.2 Å². The molecule has 1 amide bonds. The predicted octanol–water partition coefficient (Wildman–Crippen LogP) is 2.50. The Morgan fingerprint density at radius 1 is 1.50 bits per heavy atom. The Balaban J connectivity index is 2.06. The maximum Gasteiger partial charge on any atom is 0.226 e. The number of carbonyl (C=O) groups is 1. The van der Waals surface area contributed by atoms with E-state index in [-0.39, 0.29) is 17.1 Å². The first-order chi connectivity index (χ1) is 8.57. The summed E-state index contributed by atoms with van der Waals surface area (Å²) < 4.78 is 13.0. The van der Waals surface area contributed by atoms with Gasteiger partial charge in [-0.15, -0.1) is 0 Å². The van der Waals surface area contributed by atoms with Crippen molar-refractivity contribution in [3.63, 3.8) is 0 Å². The quantitative estimate of drug-likeness (QED) is 0.789. The molecule has 0 saturated heterocycles. The number of rotatable bonds is 5. The van der Waals surface area contributed by atoms with E-state index in [9.17, 15) is 9.18 Å². The molecule has 0 aliphatic heterocycles. The van der Waals surface area contributed by atoms with Crippen LogP contribution in [0.2, 0.25) is 0 Å². The van der Waals surface area contributed by atoms with E-state index >= 15 is 0 Å². The molecule has 1 aliphatic rings. The second-order valence-electron chi connectivity index (χ2n) is 5.01. The number of hydrogen-bond donors (Lipinski definition) is 2. The van der Waals surface area contributed by atoms with Crippen molar-refractivity contribution in [1.82, 2.24) is 5.32 Å². The highest BCUT2D eigenvalue weighted by Gasteiger charge is 2.49. The predicted molar refractivity (Wildman–Crippen MR) is 73.4 cm³/mol. The third kappa shape index (κ3) is 2.86. The minimum absolute atomic E-state index is 0.111. The maximum absolute atomic E-state index is 13.0. The standard InChI is InChI=1S/C14H18FNOS/c1-10-8-12(15)3-2-11(10)9-14(4-5-14)13(17)16-6-7-18/h2-3,8,18H,4-7,9H2,1H3,(H,16,17). The van der Waals surface area contributed by atoms with Gasteiger partial charge in [-0.25, -0.2) is 4.39 Å². The monoisotopic (exact) mass is 267 g/mol. The molecule has 2 nitrogen and oxygen atoms in total. The van der Waals surface area contributed by atoms with Gasteiger partial charge >= 0.3 is 0 Å². The van der Waals surface area contributed by atoms with Gasteiger partial charge in [-0.2, -0.15) is 12.6 Å². The summed E-state index contributed by atoms with van der Waals surface area (Å²) in [5, 5.41) is 2.90. The molecule has 1 fully saturated rings. The zero-order valence-electron chi connectivity index (χ0n) is 10.5. The smallest absolute Gasteiger partial charge is 0.226 e. The van der Waals surface area contributed by atoms with Crippen LogP contribution >= 0.6 is 12.6 Å². The topological polar surface area (TPSA) is 29.1 Å². The molecule has 0 spiro atoms. The molecule has 1 aromatic rings. The van der Waals surface area contributed by atoms with E-state index in [0.717, 1.165) is 24.0 Å². The molecule has 4 heteroatoms. The molecule has 0 unspecified atom stereocenters. The molecule has 98 valence electrons. The molecule has 0 atom stereocenters. The lowest BCUT2D eigenvalue weighted by atomic mass is 9.93. The summed E-state index contributed by atoms with van der Waals surface area (Å²) in [5.74, 6) is 0.540. The minimum Gasteiger partial charge on any atom is -0.355 e. The fourth-order valence-electron chi connectivity index (χ4n) is 2.21. The van der Waals surface area contributed by atoms with Crippen molar-refractivity contribution < 1.29 is 9.18 Å². The van der Waals surface area contributed by atoms with Gasteiger partial charge in [-0.1, -0.05) is 6.07 Å². The number of carbonyl (C=O) groups excluding carboxylic acids is 1. The Hall–Kier alpha value is -1.03. The van der Waals surface area contributed by atoms with Crippen molar-refractivity contribution >= 4 is 18.5 Å². The van der Waals surface area contributed by atoms with E-state index in [1.807, 2.05) is 6.92 Å². The maximum atomic E-state index is 13.0. The van der Waals surface area contributed by atoms with E-state index in [4.69, 9.17) is 0 Å². The summed E-state index contributed by atoms with van der Waals surface area (Å²) in [7, 11) is 0. The van der Waals surface area contributed by atoms with Gasteiger partial charge in [-0.05, 0) is 49.4 Å². The zero-order valence-corrected chi connectivity index (χ0v) is 11.4. The molecular weight excluding hydrogens is 249 g/mol. The molecule has 2 rings (SSSR count). The molecule has 1 N–H and O–H groups in total. The van der Waals surface area contributed by atoms with Gasteiger partial charge in [0.2, 0.25) is 5.91 Å². The van der Waals surface area contributed by atoms with Crippen LogP contribution in [0, 0.1) is 18.2 Å². The van der Waals surface area contributed by atoms with Crippen molar-refractivity contribution in [3.8, 4) is 0 Å². The van der Waals surface area contributed by atoms with Crippen LogP contribution in [-0.2, 0) is 11.2 Å². The highest BCUT2D eigenvalue weighted by molar-refractivity contribution is 7.80. The van der Waals surface area contributed by atoms with Crippen LogP contribution in [0.1, 0.15) is 24.0 Å². The summed E-state index contributed by atoms with van der Waals surface area (Å²) in [6.45, 7) is 2.49. The molecule has 18 heavy (non-hydrogen) atoms. The highest BCUT2D eigenvalue weighted by atomic mass is 32.1. The third-order valence-electron chi connectivity index (χ3n) is 3.57. The van der Waals surface area contributed by atoms with Gasteiger partial charge in [-0.3, -0.25) is 4.79 Å². The van der Waals surface area contributed by atoms with Crippen molar-refractivity contribution in [2.75, 3.05) is 12.3 Å². The lowest BCUT2D eigenvalue weighted by Gasteiger charge is -2.16. The largest absolute Gasteiger partial charge is 0.355 e. The number of nitrogens with one attached hydrogen (secondary N) is 1. The normalized spacial score (nSPS) is 16.4. The third-order valence-corrected chi connectivity index (χ3v) is 3.79. The Labute approximate surface area is 112 Å². The van der Waals surface area contributed by atoms with E-state index < -0.39 is 0 Å². The Kier molecular flexibility index (Phi) is 3.95. The van der Waals surface area contributed by atoms with Gasteiger partial charge in [0, 0.05) is 12.3 Å². The Bertz CT molecular complexity index is 457. The van der Waals surface area contributed by atoms with Crippen LogP contribution in [0.25, 0.3) is 0 Å². The van der Waals surface area contributed by atoms with E-state index in [0.29, 0.717) is 18.7 Å². The summed E-state index contributed by atoms with van der Waals surface area (Å²) in [6.07, 6.45) is 2.54. The number of hydrogen-bond acceptors (Lipinski definition) is 2. The molecule has 1 saturated carbocycles. The van der Waals surface area contributed by atoms with E-state index in [1.165, 1.54) is 12.1 Å². The summed E-state index contributed by atoms with van der Waals surface area (Å²) in [4.78, 5) is 12.0. The number of halogens is 1. The summed E-state index contributed by atoms with van der Waals surface area (Å²) in [5.41, 5.74) is 1.73. The molecule has 0 heterocycles. The molecule has 0 aromatic heterocycles. The number of aryl methyl sites for hydroxylation is 1. The Morgan fingerprint density at radius 3 is 2.78 bits per heavy atom. The fraction of sp³-hybridized carbons (Fsp3) is 0.500. The van der Waals surface area contributed by atoms with Crippen LogP contribution in [0.15, 0.2) is 18.2 Å². The van der Waals surface area contributed by atoms with Crippen LogP contribution in [0.5, 0.6) is 0 Å². The zero-order chi connectivity index (χ0) is 13.2. The van der Waals surface area contributed by atoms with Crippen LogP contribution in [-0.4, -0.2) is 18.2 Å². The average Bonchev–Trinajstić information content (AvgIpc) is 3.11. The highest BCUT2D eigenvalue weighted by Crippen LogP contribution is 2.49. The summed E-state index contributed by atoms with van der Waals surface area (Å²) in [6, 6.07) is 4.78. The van der Waals surface area contributed by atoms with Gasteiger partial charge in [0.25, 0.3) is 0 Å². The first-order valence-corrected chi connectivity index (χ1v) is 6.85. The van der Waals surface area contributed by atoms with Crippen molar-refractivity contribution in [2.24, 2.45) is 5.41 Å². The first-order valence-electron chi connectivity index (χ1n) is 6.22. The molecular formula is C14H18FNOS. The summed E-state index contributed by atoms with van der Waals surface area (Å²) >= 11 is 4.08. The van der Waals surface area contributed by atoms with Gasteiger partial charge in [0.05, 0.1) is 5.41 Å². The van der Waals surface area contributed by atoms with Crippen molar-refractivity contribution in [1.29, 1.82) is 0 Å². The van der Waals surface area contributed by atoms with Crippen LogP contribution < -0.4 is 5.32 Å². The second-order valence-corrected chi connectivity index (χ2v) is 5.45. The van der Waals surface area contributed by atoms with Gasteiger partial charge in [0.15, 0.2) is 0 Å². The number of amides is 1. The molecule has 0 bridgehead atoms. The SMILES string of the molecule is Cc1cc(F)ccc1CC1(C(=O)NCCS)CC1. The lowest BCUT2D eigenvalue weighted by Crippen LogP contribution is -2.34. The fourth-order valence-corrected chi connectivity index (χ4v) is 2.33. The minimum atomic E-state index is -0.258. The number of benzene rings is 1. The van der Waals surface area contributed by atoms with Crippen molar-refractivity contribution in [3.05, 3.63) is 35.1 Å². The first kappa shape index (κ1) is 13.4. The second kappa shape index (κ2) is 5.31. The lowest BCUT2D eigenvalue weighted by molar-refractivity contribution is -0.126.